The highest BCUT2D eigenvalue weighted by molar-refractivity contribution is 9.11. The summed E-state index contributed by atoms with van der Waals surface area (Å²) in [5, 5.41) is 6.07. The van der Waals surface area contributed by atoms with Gasteiger partial charge < -0.3 is 10.3 Å². The predicted molar refractivity (Wildman–Crippen MR) is 86.8 cm³/mol. The molecule has 4 nitrogen and oxygen atoms in total. The summed E-state index contributed by atoms with van der Waals surface area (Å²) in [5.74, 6) is 1.14. The molecule has 0 amide bonds. The van der Waals surface area contributed by atoms with Crippen LogP contribution in [0.15, 0.2) is 19.8 Å². The second-order valence-electron chi connectivity index (χ2n) is 4.84. The molecule has 2 aromatic rings. The van der Waals surface area contributed by atoms with Gasteiger partial charge in [0.05, 0.1) is 9.33 Å². The minimum atomic E-state index is -0.388. The first-order chi connectivity index (χ1) is 9.16. The van der Waals surface area contributed by atoms with Crippen molar-refractivity contribution in [1.29, 1.82) is 0 Å². The summed E-state index contributed by atoms with van der Waals surface area (Å²) in [4.78, 5) is 4.39. The van der Waals surface area contributed by atoms with Crippen molar-refractivity contribution in [2.75, 3.05) is 0 Å². The van der Waals surface area contributed by atoms with Gasteiger partial charge in [0.2, 0.25) is 0 Å². The number of halogens is 2. The van der Waals surface area contributed by atoms with Crippen molar-refractivity contribution in [2.24, 2.45) is 5.73 Å². The van der Waals surface area contributed by atoms with Gasteiger partial charge in [-0.3, -0.25) is 0 Å². The van der Waals surface area contributed by atoms with Gasteiger partial charge in [-0.25, -0.2) is 0 Å². The SMILES string of the molecule is Cl.NC1(c2noc(/C=C/c3csc(Br)c3)n2)CCCC1. The molecule has 0 spiro atoms. The highest BCUT2D eigenvalue weighted by atomic mass is 79.9. The van der Waals surface area contributed by atoms with Gasteiger partial charge in [-0.1, -0.05) is 18.0 Å². The molecule has 1 aliphatic rings. The van der Waals surface area contributed by atoms with Crippen molar-refractivity contribution < 1.29 is 4.52 Å². The van der Waals surface area contributed by atoms with Gasteiger partial charge >= 0.3 is 0 Å². The van der Waals surface area contributed by atoms with Crippen LogP contribution in [0, 0.1) is 0 Å². The van der Waals surface area contributed by atoms with E-state index in [0.717, 1.165) is 35.0 Å². The first-order valence-corrected chi connectivity index (χ1v) is 7.88. The average molecular weight is 377 g/mol. The van der Waals surface area contributed by atoms with E-state index < -0.39 is 0 Å². The fraction of sp³-hybridized carbons (Fsp3) is 0.385. The van der Waals surface area contributed by atoms with Gasteiger partial charge in [-0.2, -0.15) is 4.98 Å². The Labute approximate surface area is 136 Å². The van der Waals surface area contributed by atoms with E-state index in [9.17, 15) is 0 Å². The maximum atomic E-state index is 6.29. The summed E-state index contributed by atoms with van der Waals surface area (Å²) < 4.78 is 6.34. The molecule has 0 saturated heterocycles. The summed E-state index contributed by atoms with van der Waals surface area (Å²) in [6, 6.07) is 2.04. The largest absolute Gasteiger partial charge is 0.335 e. The Morgan fingerprint density at radius 1 is 1.35 bits per heavy atom. The summed E-state index contributed by atoms with van der Waals surface area (Å²) in [7, 11) is 0. The molecule has 108 valence electrons. The van der Waals surface area contributed by atoms with Crippen molar-refractivity contribution >= 4 is 51.8 Å². The number of rotatable bonds is 3. The Morgan fingerprint density at radius 3 is 2.75 bits per heavy atom. The molecule has 0 bridgehead atoms. The predicted octanol–water partition coefficient (Wildman–Crippen LogP) is 4.21. The van der Waals surface area contributed by atoms with E-state index >= 15 is 0 Å². The Bertz CT molecular complexity index is 604. The van der Waals surface area contributed by atoms with Crippen LogP contribution in [-0.2, 0) is 5.54 Å². The molecule has 20 heavy (non-hydrogen) atoms. The number of thiophene rings is 1. The summed E-state index contributed by atoms with van der Waals surface area (Å²) >= 11 is 5.07. The second-order valence-corrected chi connectivity index (χ2v) is 7.13. The second kappa shape index (κ2) is 6.39. The van der Waals surface area contributed by atoms with Gasteiger partial charge in [-0.05, 0) is 51.9 Å². The van der Waals surface area contributed by atoms with Crippen LogP contribution in [0.5, 0.6) is 0 Å². The van der Waals surface area contributed by atoms with Gasteiger partial charge in [-0.15, -0.1) is 23.7 Å². The number of hydrogen-bond donors (Lipinski definition) is 1. The molecule has 1 saturated carbocycles. The monoisotopic (exact) mass is 375 g/mol. The summed E-state index contributed by atoms with van der Waals surface area (Å²) in [5.41, 5.74) is 7.01. The summed E-state index contributed by atoms with van der Waals surface area (Å²) in [6.07, 6.45) is 7.93. The lowest BCUT2D eigenvalue weighted by Crippen LogP contribution is -2.34. The van der Waals surface area contributed by atoms with E-state index in [2.05, 4.69) is 31.5 Å². The fourth-order valence-electron chi connectivity index (χ4n) is 2.31. The fourth-order valence-corrected chi connectivity index (χ4v) is 3.46. The van der Waals surface area contributed by atoms with E-state index in [1.54, 1.807) is 11.3 Å². The van der Waals surface area contributed by atoms with Crippen molar-refractivity contribution in [1.82, 2.24) is 10.1 Å². The van der Waals surface area contributed by atoms with Crippen LogP contribution in [0.2, 0.25) is 0 Å². The summed E-state index contributed by atoms with van der Waals surface area (Å²) in [6.45, 7) is 0. The normalized spacial score (nSPS) is 17.5. The van der Waals surface area contributed by atoms with Crippen LogP contribution in [0.25, 0.3) is 12.2 Å². The third-order valence-corrected chi connectivity index (χ3v) is 4.91. The van der Waals surface area contributed by atoms with Crippen molar-refractivity contribution in [3.8, 4) is 0 Å². The molecule has 7 heteroatoms. The molecule has 0 unspecified atom stereocenters. The molecule has 0 aromatic carbocycles. The molecule has 1 aliphatic carbocycles. The minimum Gasteiger partial charge on any atom is -0.335 e. The van der Waals surface area contributed by atoms with Gasteiger partial charge in [0.15, 0.2) is 5.82 Å². The number of hydrogen-bond acceptors (Lipinski definition) is 5. The van der Waals surface area contributed by atoms with Crippen LogP contribution < -0.4 is 5.73 Å². The Kier molecular flexibility index (Phi) is 5.01. The average Bonchev–Trinajstić information content (AvgIpc) is 3.08. The molecule has 1 fully saturated rings. The number of nitrogens with zero attached hydrogens (tertiary/aromatic N) is 2. The number of aromatic nitrogens is 2. The standard InChI is InChI=1S/C13H14BrN3OS.ClH/c14-10-7-9(8-19-10)3-4-11-16-12(17-18-11)13(15)5-1-2-6-13;/h3-4,7-8H,1-2,5-6,15H2;1H/b4-3+;. The van der Waals surface area contributed by atoms with Crippen molar-refractivity contribution in [3.05, 3.63) is 32.5 Å². The highest BCUT2D eigenvalue weighted by Gasteiger charge is 2.35. The third kappa shape index (κ3) is 3.31. The lowest BCUT2D eigenvalue weighted by Gasteiger charge is -2.17. The van der Waals surface area contributed by atoms with Gasteiger partial charge in [0.25, 0.3) is 5.89 Å². The van der Waals surface area contributed by atoms with Crippen LogP contribution in [0.3, 0.4) is 0 Å². The zero-order valence-corrected chi connectivity index (χ0v) is 13.9. The molecule has 0 radical (unpaired) electrons. The van der Waals surface area contributed by atoms with Crippen LogP contribution in [0.1, 0.15) is 43.0 Å². The van der Waals surface area contributed by atoms with E-state index in [1.807, 2.05) is 18.2 Å². The van der Waals surface area contributed by atoms with E-state index in [-0.39, 0.29) is 17.9 Å². The zero-order valence-electron chi connectivity index (χ0n) is 10.7. The molecular formula is C13H15BrClN3OS. The molecule has 3 rings (SSSR count). The van der Waals surface area contributed by atoms with Crippen LogP contribution in [-0.4, -0.2) is 10.1 Å². The van der Waals surface area contributed by atoms with E-state index in [0.29, 0.717) is 11.7 Å². The third-order valence-electron chi connectivity index (χ3n) is 3.39. The van der Waals surface area contributed by atoms with Crippen LogP contribution >= 0.6 is 39.7 Å². The van der Waals surface area contributed by atoms with Crippen molar-refractivity contribution in [2.45, 2.75) is 31.2 Å². The Balaban J connectivity index is 0.00000147. The molecule has 0 atom stereocenters. The number of nitrogens with two attached hydrogens (primary N) is 1. The maximum Gasteiger partial charge on any atom is 0.250 e. The van der Waals surface area contributed by atoms with Crippen molar-refractivity contribution in [3.63, 3.8) is 0 Å². The topological polar surface area (TPSA) is 64.9 Å². The highest BCUT2D eigenvalue weighted by Crippen LogP contribution is 2.34. The minimum absolute atomic E-state index is 0. The lowest BCUT2D eigenvalue weighted by molar-refractivity contribution is 0.364. The molecule has 2 heterocycles. The van der Waals surface area contributed by atoms with E-state index in [1.165, 1.54) is 0 Å². The Morgan fingerprint density at radius 2 is 2.10 bits per heavy atom. The smallest absolute Gasteiger partial charge is 0.250 e. The molecular weight excluding hydrogens is 362 g/mol. The molecule has 0 aliphatic heterocycles. The first-order valence-electron chi connectivity index (χ1n) is 6.21. The van der Waals surface area contributed by atoms with E-state index in [4.69, 9.17) is 10.3 Å². The first kappa shape index (κ1) is 15.7. The van der Waals surface area contributed by atoms with Crippen LogP contribution in [0.4, 0.5) is 0 Å². The molecule has 2 aromatic heterocycles. The van der Waals surface area contributed by atoms with Gasteiger partial charge in [0.1, 0.15) is 0 Å². The maximum absolute atomic E-state index is 6.29. The lowest BCUT2D eigenvalue weighted by atomic mass is 9.99. The quantitative estimate of drug-likeness (QED) is 0.871. The Hall–Kier alpha value is -0.690. The molecule has 2 N–H and O–H groups in total. The zero-order chi connectivity index (χ0) is 13.3. The van der Waals surface area contributed by atoms with Gasteiger partial charge in [0, 0.05) is 6.08 Å².